The third-order valence-electron chi connectivity index (χ3n) is 6.12. The van der Waals surface area contributed by atoms with Crippen molar-refractivity contribution in [3.63, 3.8) is 0 Å². The number of thioether (sulfide) groups is 1. The quantitative estimate of drug-likeness (QED) is 0.670. The molecule has 0 atom stereocenters. The summed E-state index contributed by atoms with van der Waals surface area (Å²) in [7, 11) is 0. The van der Waals surface area contributed by atoms with Gasteiger partial charge in [0.05, 0.1) is 17.9 Å². The van der Waals surface area contributed by atoms with Crippen molar-refractivity contribution in [2.24, 2.45) is 0 Å². The number of nitrogens with zero attached hydrogens (tertiary/aromatic N) is 2. The molecule has 0 bridgehead atoms. The molecule has 1 saturated heterocycles. The largest absolute Gasteiger partial charge is 0.496 e. The second-order valence-electron chi connectivity index (χ2n) is 8.22. The van der Waals surface area contributed by atoms with Crippen molar-refractivity contribution in [1.82, 2.24) is 4.90 Å². The van der Waals surface area contributed by atoms with Crippen LogP contribution in [0.25, 0.3) is 0 Å². The van der Waals surface area contributed by atoms with E-state index in [-0.39, 0.29) is 11.8 Å². The number of amides is 2. The SMILES string of the molecule is CC1=C(C(=O)Nc2ccc(Cl)cc2C(=O)N2CCN(c3cccc(C)c3C)CC2)SCCO1. The van der Waals surface area contributed by atoms with Crippen LogP contribution in [-0.2, 0) is 9.53 Å². The Labute approximate surface area is 203 Å². The van der Waals surface area contributed by atoms with Crippen LogP contribution in [0.2, 0.25) is 5.02 Å². The Morgan fingerprint density at radius 3 is 2.55 bits per heavy atom. The highest BCUT2D eigenvalue weighted by Gasteiger charge is 2.26. The summed E-state index contributed by atoms with van der Waals surface area (Å²) < 4.78 is 5.50. The normalized spacial score (nSPS) is 16.5. The number of halogens is 1. The first-order chi connectivity index (χ1) is 15.8. The highest BCUT2D eigenvalue weighted by molar-refractivity contribution is 8.04. The van der Waals surface area contributed by atoms with E-state index in [1.54, 1.807) is 25.1 Å². The summed E-state index contributed by atoms with van der Waals surface area (Å²) in [6.07, 6.45) is 0. The van der Waals surface area contributed by atoms with Gasteiger partial charge in [-0.15, -0.1) is 11.8 Å². The number of hydrogen-bond donors (Lipinski definition) is 1. The predicted molar refractivity (Wildman–Crippen MR) is 135 cm³/mol. The van der Waals surface area contributed by atoms with E-state index in [0.29, 0.717) is 46.6 Å². The topological polar surface area (TPSA) is 61.9 Å². The maximum absolute atomic E-state index is 13.4. The second-order valence-corrected chi connectivity index (χ2v) is 9.77. The molecule has 0 saturated carbocycles. The van der Waals surface area contributed by atoms with Gasteiger partial charge in [-0.25, -0.2) is 0 Å². The molecule has 2 aromatic rings. The Bertz CT molecular complexity index is 1110. The maximum Gasteiger partial charge on any atom is 0.265 e. The van der Waals surface area contributed by atoms with E-state index >= 15 is 0 Å². The van der Waals surface area contributed by atoms with Crippen molar-refractivity contribution in [2.75, 3.05) is 48.8 Å². The Balaban J connectivity index is 1.49. The molecule has 2 aliphatic heterocycles. The van der Waals surface area contributed by atoms with Crippen molar-refractivity contribution in [1.29, 1.82) is 0 Å². The van der Waals surface area contributed by atoms with Gasteiger partial charge in [-0.1, -0.05) is 23.7 Å². The predicted octanol–water partition coefficient (Wildman–Crippen LogP) is 4.85. The lowest BCUT2D eigenvalue weighted by Gasteiger charge is -2.37. The van der Waals surface area contributed by atoms with Crippen molar-refractivity contribution in [2.45, 2.75) is 20.8 Å². The first-order valence-corrected chi connectivity index (χ1v) is 12.4. The Morgan fingerprint density at radius 1 is 1.06 bits per heavy atom. The van der Waals surface area contributed by atoms with Crippen molar-refractivity contribution < 1.29 is 14.3 Å². The van der Waals surface area contributed by atoms with Gasteiger partial charge < -0.3 is 19.9 Å². The van der Waals surface area contributed by atoms with E-state index in [2.05, 4.69) is 42.3 Å². The minimum Gasteiger partial charge on any atom is -0.496 e. The molecule has 2 amide bonds. The number of allylic oxidation sites excluding steroid dienone is 1. The molecule has 174 valence electrons. The molecule has 2 aliphatic rings. The number of carbonyl (C=O) groups excluding carboxylic acids is 2. The molecule has 6 nitrogen and oxygen atoms in total. The molecule has 0 aliphatic carbocycles. The standard InChI is InChI=1S/C25H28ClN3O3S/c1-16-5-4-6-22(17(16)2)28-9-11-29(12-10-28)25(31)20-15-19(26)7-8-21(20)27-24(30)23-18(3)32-13-14-33-23/h4-8,15H,9-14H2,1-3H3,(H,27,30). The Kier molecular flexibility index (Phi) is 7.20. The van der Waals surface area contributed by atoms with E-state index in [9.17, 15) is 9.59 Å². The molecule has 1 fully saturated rings. The number of rotatable bonds is 4. The van der Waals surface area contributed by atoms with Gasteiger partial charge in [0.2, 0.25) is 0 Å². The number of carbonyl (C=O) groups is 2. The first-order valence-electron chi connectivity index (χ1n) is 11.0. The number of anilines is 2. The number of benzene rings is 2. The summed E-state index contributed by atoms with van der Waals surface area (Å²) >= 11 is 7.68. The average Bonchev–Trinajstić information content (AvgIpc) is 2.82. The minimum atomic E-state index is -0.270. The third-order valence-corrected chi connectivity index (χ3v) is 7.49. The van der Waals surface area contributed by atoms with Crippen LogP contribution in [0.4, 0.5) is 11.4 Å². The van der Waals surface area contributed by atoms with Gasteiger partial charge in [0.25, 0.3) is 11.8 Å². The van der Waals surface area contributed by atoms with E-state index in [4.69, 9.17) is 16.3 Å². The maximum atomic E-state index is 13.4. The fourth-order valence-corrected chi connectivity index (χ4v) is 5.10. The highest BCUT2D eigenvalue weighted by atomic mass is 35.5. The molecule has 33 heavy (non-hydrogen) atoms. The van der Waals surface area contributed by atoms with E-state index < -0.39 is 0 Å². The monoisotopic (exact) mass is 485 g/mol. The fraction of sp³-hybridized carbons (Fsp3) is 0.360. The van der Waals surface area contributed by atoms with Gasteiger partial charge in [0, 0.05) is 42.6 Å². The van der Waals surface area contributed by atoms with Crippen LogP contribution in [-0.4, -0.2) is 55.3 Å². The molecule has 8 heteroatoms. The zero-order valence-corrected chi connectivity index (χ0v) is 20.7. The zero-order chi connectivity index (χ0) is 23.5. The van der Waals surface area contributed by atoms with Crippen LogP contribution in [0.5, 0.6) is 0 Å². The zero-order valence-electron chi connectivity index (χ0n) is 19.1. The van der Waals surface area contributed by atoms with Crippen LogP contribution in [0.3, 0.4) is 0 Å². The van der Waals surface area contributed by atoms with Gasteiger partial charge in [0.1, 0.15) is 10.7 Å². The number of hydrogen-bond acceptors (Lipinski definition) is 5. The summed E-state index contributed by atoms with van der Waals surface area (Å²) in [4.78, 5) is 30.9. The van der Waals surface area contributed by atoms with E-state index in [1.807, 2.05) is 4.90 Å². The smallest absolute Gasteiger partial charge is 0.265 e. The van der Waals surface area contributed by atoms with Gasteiger partial charge >= 0.3 is 0 Å². The van der Waals surface area contributed by atoms with Gasteiger partial charge in [-0.3, -0.25) is 9.59 Å². The number of aryl methyl sites for hydroxylation is 1. The molecule has 0 unspecified atom stereocenters. The number of nitrogens with one attached hydrogen (secondary N) is 1. The number of piperazine rings is 1. The minimum absolute atomic E-state index is 0.133. The molecular weight excluding hydrogens is 458 g/mol. The summed E-state index contributed by atoms with van der Waals surface area (Å²) in [6, 6.07) is 11.3. The average molecular weight is 486 g/mol. The molecule has 0 radical (unpaired) electrons. The van der Waals surface area contributed by atoms with E-state index in [0.717, 1.165) is 18.8 Å². The fourth-order valence-electron chi connectivity index (χ4n) is 4.11. The van der Waals surface area contributed by atoms with Gasteiger partial charge in [0.15, 0.2) is 0 Å². The lowest BCUT2D eigenvalue weighted by molar-refractivity contribution is -0.112. The summed E-state index contributed by atoms with van der Waals surface area (Å²) in [5.41, 5.74) is 4.60. The summed E-state index contributed by atoms with van der Waals surface area (Å²) in [5.74, 6) is 0.921. The lowest BCUT2D eigenvalue weighted by atomic mass is 10.1. The summed E-state index contributed by atoms with van der Waals surface area (Å²) in [6.45, 7) is 9.31. The van der Waals surface area contributed by atoms with Crippen LogP contribution < -0.4 is 10.2 Å². The lowest BCUT2D eigenvalue weighted by Crippen LogP contribution is -2.49. The first kappa shape index (κ1) is 23.5. The van der Waals surface area contributed by atoms with Crippen LogP contribution in [0.15, 0.2) is 47.1 Å². The Hall–Kier alpha value is -2.64. The van der Waals surface area contributed by atoms with E-state index in [1.165, 1.54) is 28.6 Å². The molecule has 0 aromatic heterocycles. The van der Waals surface area contributed by atoms with Crippen molar-refractivity contribution in [3.05, 3.63) is 68.8 Å². The highest BCUT2D eigenvalue weighted by Crippen LogP contribution is 2.29. The van der Waals surface area contributed by atoms with Crippen LogP contribution in [0.1, 0.15) is 28.4 Å². The molecule has 2 heterocycles. The summed E-state index contributed by atoms with van der Waals surface area (Å²) in [5, 5.41) is 3.35. The Morgan fingerprint density at radius 2 is 1.82 bits per heavy atom. The van der Waals surface area contributed by atoms with Gasteiger partial charge in [-0.2, -0.15) is 0 Å². The van der Waals surface area contributed by atoms with Gasteiger partial charge in [-0.05, 0) is 56.2 Å². The second kappa shape index (κ2) is 10.1. The molecule has 4 rings (SSSR count). The van der Waals surface area contributed by atoms with Crippen molar-refractivity contribution in [3.8, 4) is 0 Å². The third kappa shape index (κ3) is 5.14. The molecule has 0 spiro atoms. The molecule has 2 aromatic carbocycles. The van der Waals surface area contributed by atoms with Crippen molar-refractivity contribution >= 4 is 46.6 Å². The molecule has 1 N–H and O–H groups in total. The number of ether oxygens (including phenoxy) is 1. The molecular formula is C25H28ClN3O3S. The van der Waals surface area contributed by atoms with Crippen LogP contribution >= 0.6 is 23.4 Å². The van der Waals surface area contributed by atoms with Crippen LogP contribution in [0, 0.1) is 13.8 Å².